The van der Waals surface area contributed by atoms with Gasteiger partial charge in [-0.15, -0.1) is 12.4 Å². The van der Waals surface area contributed by atoms with Crippen LogP contribution in [-0.2, 0) is 4.79 Å². The van der Waals surface area contributed by atoms with Crippen molar-refractivity contribution in [1.29, 1.82) is 0 Å². The number of benzene rings is 2. The van der Waals surface area contributed by atoms with E-state index in [-0.39, 0.29) is 24.4 Å². The van der Waals surface area contributed by atoms with Crippen LogP contribution in [0.1, 0.15) is 43.0 Å². The summed E-state index contributed by atoms with van der Waals surface area (Å²) in [6.07, 6.45) is 3.85. The van der Waals surface area contributed by atoms with Crippen LogP contribution in [0.2, 0.25) is 0 Å². The number of rotatable bonds is 6. The predicted molar refractivity (Wildman–Crippen MR) is 115 cm³/mol. The Labute approximate surface area is 172 Å². The Morgan fingerprint density at radius 2 is 1.79 bits per heavy atom. The minimum absolute atomic E-state index is 0. The normalized spacial score (nSPS) is 15.7. The number of para-hydroxylation sites is 1. The fraction of sp³-hybridized carbons (Fsp3) is 0.348. The summed E-state index contributed by atoms with van der Waals surface area (Å²) in [5.74, 6) is 1.51. The van der Waals surface area contributed by atoms with E-state index in [1.54, 1.807) is 0 Å². The second-order valence-corrected chi connectivity index (χ2v) is 7.33. The fourth-order valence-electron chi connectivity index (χ4n) is 3.85. The zero-order chi connectivity index (χ0) is 18.5. The average molecular weight is 399 g/mol. The molecule has 3 aromatic rings. The largest absolute Gasteiger partial charge is 0.459 e. The average Bonchev–Trinajstić information content (AvgIpc) is 3.16. The van der Waals surface area contributed by atoms with Gasteiger partial charge in [0.05, 0.1) is 0 Å². The van der Waals surface area contributed by atoms with Gasteiger partial charge in [-0.3, -0.25) is 4.79 Å². The van der Waals surface area contributed by atoms with Crippen molar-refractivity contribution in [2.75, 3.05) is 13.1 Å². The van der Waals surface area contributed by atoms with Gasteiger partial charge in [0.25, 0.3) is 0 Å². The van der Waals surface area contributed by atoms with Gasteiger partial charge in [0.15, 0.2) is 0 Å². The van der Waals surface area contributed by atoms with Crippen LogP contribution in [0, 0.1) is 5.92 Å². The standard InChI is InChI=1S/C23H26N2O2.ClH/c26-22(11-10-17-12-14-24-15-13-17)25-23(18-6-2-1-3-7-18)21-16-19-8-4-5-9-20(19)27-21;/h1-9,16-17,23-24H,10-15H2,(H,25,26);1H. The van der Waals surface area contributed by atoms with Gasteiger partial charge >= 0.3 is 0 Å². The molecule has 1 unspecified atom stereocenters. The quantitative estimate of drug-likeness (QED) is 0.624. The summed E-state index contributed by atoms with van der Waals surface area (Å²) in [6, 6.07) is 19.7. The first-order valence-corrected chi connectivity index (χ1v) is 9.83. The van der Waals surface area contributed by atoms with Crippen LogP contribution in [0.25, 0.3) is 11.0 Å². The van der Waals surface area contributed by atoms with Crippen molar-refractivity contribution in [3.8, 4) is 0 Å². The maximum Gasteiger partial charge on any atom is 0.220 e. The van der Waals surface area contributed by atoms with Crippen LogP contribution in [0.3, 0.4) is 0 Å². The number of piperidine rings is 1. The van der Waals surface area contributed by atoms with Gasteiger partial charge in [0.2, 0.25) is 5.91 Å². The van der Waals surface area contributed by atoms with Gasteiger partial charge < -0.3 is 15.1 Å². The van der Waals surface area contributed by atoms with Crippen LogP contribution in [0.15, 0.2) is 65.1 Å². The first kappa shape index (κ1) is 20.4. The van der Waals surface area contributed by atoms with Crippen molar-refractivity contribution < 1.29 is 9.21 Å². The number of halogens is 1. The fourth-order valence-corrected chi connectivity index (χ4v) is 3.85. The molecule has 1 atom stereocenters. The third kappa shape index (κ3) is 4.94. The second-order valence-electron chi connectivity index (χ2n) is 7.33. The molecule has 5 heteroatoms. The summed E-state index contributed by atoms with van der Waals surface area (Å²) < 4.78 is 6.06. The molecule has 0 spiro atoms. The van der Waals surface area contributed by atoms with Crippen molar-refractivity contribution >= 4 is 29.3 Å². The first-order chi connectivity index (χ1) is 13.3. The second kappa shape index (κ2) is 9.76. The summed E-state index contributed by atoms with van der Waals surface area (Å²) in [4.78, 5) is 12.7. The molecule has 2 N–H and O–H groups in total. The maximum absolute atomic E-state index is 12.7. The van der Waals surface area contributed by atoms with E-state index in [0.717, 1.165) is 41.8 Å². The number of hydrogen-bond acceptors (Lipinski definition) is 3. The Morgan fingerprint density at radius 1 is 1.07 bits per heavy atom. The number of carbonyl (C=O) groups is 1. The van der Waals surface area contributed by atoms with Gasteiger partial charge in [-0.1, -0.05) is 48.5 Å². The summed E-state index contributed by atoms with van der Waals surface area (Å²) in [5, 5.41) is 7.63. The molecule has 2 heterocycles. The molecule has 4 nitrogen and oxygen atoms in total. The van der Waals surface area contributed by atoms with Crippen LogP contribution in [0.4, 0.5) is 0 Å². The Kier molecular flexibility index (Phi) is 7.12. The predicted octanol–water partition coefficient (Wildman–Crippen LogP) is 4.84. The molecular formula is C23H27ClN2O2. The summed E-state index contributed by atoms with van der Waals surface area (Å²) in [6.45, 7) is 2.13. The molecular weight excluding hydrogens is 372 g/mol. The van der Waals surface area contributed by atoms with Crippen molar-refractivity contribution in [1.82, 2.24) is 10.6 Å². The van der Waals surface area contributed by atoms with E-state index >= 15 is 0 Å². The van der Waals surface area contributed by atoms with Crippen LogP contribution < -0.4 is 10.6 Å². The molecule has 1 aliphatic rings. The lowest BCUT2D eigenvalue weighted by molar-refractivity contribution is -0.122. The SMILES string of the molecule is Cl.O=C(CCC1CCNCC1)NC(c1ccccc1)c1cc2ccccc2o1. The van der Waals surface area contributed by atoms with E-state index < -0.39 is 0 Å². The van der Waals surface area contributed by atoms with E-state index in [9.17, 15) is 4.79 Å². The molecule has 1 fully saturated rings. The topological polar surface area (TPSA) is 54.3 Å². The monoisotopic (exact) mass is 398 g/mol. The Morgan fingerprint density at radius 3 is 2.54 bits per heavy atom. The van der Waals surface area contributed by atoms with E-state index in [1.807, 2.05) is 60.7 Å². The Balaban J connectivity index is 0.00000225. The molecule has 0 radical (unpaired) electrons. The van der Waals surface area contributed by atoms with Gasteiger partial charge in [-0.05, 0) is 56.0 Å². The number of nitrogens with one attached hydrogen (secondary N) is 2. The molecule has 1 aromatic heterocycles. The van der Waals surface area contributed by atoms with E-state index in [4.69, 9.17) is 4.42 Å². The number of amides is 1. The number of furan rings is 1. The lowest BCUT2D eigenvalue weighted by Gasteiger charge is -2.23. The smallest absolute Gasteiger partial charge is 0.220 e. The molecule has 1 aliphatic heterocycles. The molecule has 0 bridgehead atoms. The Bertz CT molecular complexity index is 855. The lowest BCUT2D eigenvalue weighted by Crippen LogP contribution is -2.31. The van der Waals surface area contributed by atoms with Gasteiger partial charge in [-0.25, -0.2) is 0 Å². The zero-order valence-corrected chi connectivity index (χ0v) is 16.7. The molecule has 28 heavy (non-hydrogen) atoms. The highest BCUT2D eigenvalue weighted by Crippen LogP contribution is 2.28. The summed E-state index contributed by atoms with van der Waals surface area (Å²) >= 11 is 0. The molecule has 2 aromatic carbocycles. The molecule has 4 rings (SSSR count). The third-order valence-electron chi connectivity index (χ3n) is 5.41. The molecule has 0 saturated carbocycles. The number of hydrogen-bond donors (Lipinski definition) is 2. The van der Waals surface area contributed by atoms with Crippen LogP contribution in [0.5, 0.6) is 0 Å². The van der Waals surface area contributed by atoms with Gasteiger partial charge in [0, 0.05) is 11.8 Å². The lowest BCUT2D eigenvalue weighted by atomic mass is 9.93. The molecule has 1 saturated heterocycles. The van der Waals surface area contributed by atoms with Gasteiger partial charge in [-0.2, -0.15) is 0 Å². The highest BCUT2D eigenvalue weighted by atomic mass is 35.5. The van der Waals surface area contributed by atoms with E-state index in [0.29, 0.717) is 12.3 Å². The molecule has 1 amide bonds. The summed E-state index contributed by atoms with van der Waals surface area (Å²) in [7, 11) is 0. The molecule has 0 aliphatic carbocycles. The van der Waals surface area contributed by atoms with Crippen LogP contribution >= 0.6 is 12.4 Å². The van der Waals surface area contributed by atoms with Gasteiger partial charge in [0.1, 0.15) is 17.4 Å². The van der Waals surface area contributed by atoms with Crippen molar-refractivity contribution in [3.63, 3.8) is 0 Å². The van der Waals surface area contributed by atoms with Crippen molar-refractivity contribution in [2.45, 2.75) is 31.7 Å². The first-order valence-electron chi connectivity index (χ1n) is 9.83. The Hall–Kier alpha value is -2.30. The van der Waals surface area contributed by atoms with Crippen molar-refractivity contribution in [2.24, 2.45) is 5.92 Å². The highest BCUT2D eigenvalue weighted by molar-refractivity contribution is 5.85. The van der Waals surface area contributed by atoms with E-state index in [1.165, 1.54) is 12.8 Å². The number of carbonyl (C=O) groups excluding carboxylic acids is 1. The van der Waals surface area contributed by atoms with Crippen molar-refractivity contribution in [3.05, 3.63) is 72.0 Å². The minimum Gasteiger partial charge on any atom is -0.459 e. The molecule has 148 valence electrons. The highest BCUT2D eigenvalue weighted by Gasteiger charge is 2.22. The minimum atomic E-state index is -0.265. The third-order valence-corrected chi connectivity index (χ3v) is 5.41. The maximum atomic E-state index is 12.7. The van der Waals surface area contributed by atoms with Crippen LogP contribution in [-0.4, -0.2) is 19.0 Å². The van der Waals surface area contributed by atoms with E-state index in [2.05, 4.69) is 10.6 Å². The number of fused-ring (bicyclic) bond motifs is 1. The summed E-state index contributed by atoms with van der Waals surface area (Å²) in [5.41, 5.74) is 1.88. The zero-order valence-electron chi connectivity index (χ0n) is 15.9.